The summed E-state index contributed by atoms with van der Waals surface area (Å²) in [5.74, 6) is 0. The van der Waals surface area contributed by atoms with Gasteiger partial charge in [0.1, 0.15) is 0 Å². The van der Waals surface area contributed by atoms with E-state index in [0.29, 0.717) is 0 Å². The van der Waals surface area contributed by atoms with Crippen molar-refractivity contribution < 1.29 is 5.11 Å². The Labute approximate surface area is 89.2 Å². The van der Waals surface area contributed by atoms with Gasteiger partial charge in [0.25, 0.3) is 0 Å². The van der Waals surface area contributed by atoms with Crippen molar-refractivity contribution in [1.29, 1.82) is 0 Å². The van der Waals surface area contributed by atoms with Gasteiger partial charge in [-0.3, -0.25) is 0 Å². The summed E-state index contributed by atoms with van der Waals surface area (Å²) in [6.45, 7) is 6.03. The van der Waals surface area contributed by atoms with E-state index in [1.165, 1.54) is 0 Å². The number of hydrogen-bond donors (Lipinski definition) is 2. The van der Waals surface area contributed by atoms with Gasteiger partial charge in [0.15, 0.2) is 0 Å². The van der Waals surface area contributed by atoms with E-state index in [1.807, 2.05) is 10.9 Å². The minimum absolute atomic E-state index is 0.00395. The SMILES string of the molecule is CCC(C)(CO)CNCc1cscn1. The second kappa shape index (κ2) is 5.44. The molecule has 0 radical (unpaired) electrons. The third-order valence-corrected chi connectivity index (χ3v) is 3.21. The Balaban J connectivity index is 2.27. The van der Waals surface area contributed by atoms with E-state index in [-0.39, 0.29) is 12.0 Å². The third-order valence-electron chi connectivity index (χ3n) is 2.58. The Morgan fingerprint density at radius 2 is 2.43 bits per heavy atom. The first-order valence-electron chi connectivity index (χ1n) is 4.89. The van der Waals surface area contributed by atoms with E-state index in [9.17, 15) is 5.11 Å². The molecular formula is C10H18N2OS. The van der Waals surface area contributed by atoms with Crippen LogP contribution in [0.4, 0.5) is 0 Å². The van der Waals surface area contributed by atoms with Gasteiger partial charge in [-0.1, -0.05) is 13.8 Å². The fourth-order valence-electron chi connectivity index (χ4n) is 1.11. The fourth-order valence-corrected chi connectivity index (χ4v) is 1.67. The molecule has 80 valence electrons. The summed E-state index contributed by atoms with van der Waals surface area (Å²) in [6, 6.07) is 0. The Hall–Kier alpha value is -0.450. The van der Waals surface area contributed by atoms with Crippen molar-refractivity contribution in [3.05, 3.63) is 16.6 Å². The van der Waals surface area contributed by atoms with Crippen LogP contribution in [0.1, 0.15) is 26.0 Å². The maximum absolute atomic E-state index is 9.19. The largest absolute Gasteiger partial charge is 0.396 e. The number of aliphatic hydroxyl groups excluding tert-OH is 1. The lowest BCUT2D eigenvalue weighted by Gasteiger charge is -2.25. The van der Waals surface area contributed by atoms with Gasteiger partial charge >= 0.3 is 0 Å². The highest BCUT2D eigenvalue weighted by Crippen LogP contribution is 2.18. The average Bonchev–Trinajstić information content (AvgIpc) is 2.70. The van der Waals surface area contributed by atoms with Crippen LogP contribution in [0, 0.1) is 5.41 Å². The summed E-state index contributed by atoms with van der Waals surface area (Å²) >= 11 is 1.61. The van der Waals surface area contributed by atoms with Gasteiger partial charge in [-0.15, -0.1) is 11.3 Å². The van der Waals surface area contributed by atoms with Gasteiger partial charge in [-0.2, -0.15) is 0 Å². The van der Waals surface area contributed by atoms with Crippen LogP contribution >= 0.6 is 11.3 Å². The molecule has 0 spiro atoms. The van der Waals surface area contributed by atoms with E-state index in [4.69, 9.17) is 0 Å². The van der Waals surface area contributed by atoms with Crippen molar-refractivity contribution in [2.45, 2.75) is 26.8 Å². The maximum Gasteiger partial charge on any atom is 0.0795 e. The second-order valence-electron chi connectivity index (χ2n) is 3.91. The van der Waals surface area contributed by atoms with Gasteiger partial charge in [0.05, 0.1) is 11.2 Å². The predicted octanol–water partition coefficient (Wildman–Crippen LogP) is 1.64. The zero-order valence-electron chi connectivity index (χ0n) is 8.79. The van der Waals surface area contributed by atoms with Crippen molar-refractivity contribution in [2.24, 2.45) is 5.41 Å². The van der Waals surface area contributed by atoms with Crippen molar-refractivity contribution >= 4 is 11.3 Å². The molecule has 0 bridgehead atoms. The molecule has 14 heavy (non-hydrogen) atoms. The molecule has 1 aromatic heterocycles. The predicted molar refractivity (Wildman–Crippen MR) is 59.3 cm³/mol. The molecule has 1 heterocycles. The van der Waals surface area contributed by atoms with Crippen LogP contribution in [0.5, 0.6) is 0 Å². The zero-order valence-corrected chi connectivity index (χ0v) is 9.60. The van der Waals surface area contributed by atoms with E-state index >= 15 is 0 Å². The Bertz CT molecular complexity index is 245. The molecule has 0 aromatic carbocycles. The van der Waals surface area contributed by atoms with E-state index in [0.717, 1.165) is 25.2 Å². The third kappa shape index (κ3) is 3.36. The molecule has 3 nitrogen and oxygen atoms in total. The monoisotopic (exact) mass is 214 g/mol. The maximum atomic E-state index is 9.19. The van der Waals surface area contributed by atoms with Gasteiger partial charge < -0.3 is 10.4 Å². The average molecular weight is 214 g/mol. The highest BCUT2D eigenvalue weighted by molar-refractivity contribution is 7.07. The van der Waals surface area contributed by atoms with E-state index in [2.05, 4.69) is 24.1 Å². The second-order valence-corrected chi connectivity index (χ2v) is 4.62. The minimum Gasteiger partial charge on any atom is -0.396 e. The first-order valence-corrected chi connectivity index (χ1v) is 5.83. The number of nitrogens with one attached hydrogen (secondary N) is 1. The Kier molecular flexibility index (Phi) is 4.51. The summed E-state index contributed by atoms with van der Waals surface area (Å²) in [5, 5.41) is 14.5. The lowest BCUT2D eigenvalue weighted by atomic mass is 9.89. The fraction of sp³-hybridized carbons (Fsp3) is 0.700. The van der Waals surface area contributed by atoms with Crippen molar-refractivity contribution in [1.82, 2.24) is 10.3 Å². The van der Waals surface area contributed by atoms with Crippen LogP contribution in [0.2, 0.25) is 0 Å². The van der Waals surface area contributed by atoms with Gasteiger partial charge in [-0.05, 0) is 6.42 Å². The summed E-state index contributed by atoms with van der Waals surface area (Å²) in [4.78, 5) is 4.18. The van der Waals surface area contributed by atoms with E-state index in [1.54, 1.807) is 11.3 Å². The Morgan fingerprint density at radius 3 is 2.93 bits per heavy atom. The lowest BCUT2D eigenvalue weighted by Crippen LogP contribution is -2.34. The molecule has 4 heteroatoms. The molecule has 0 fully saturated rings. The minimum atomic E-state index is -0.00395. The highest BCUT2D eigenvalue weighted by Gasteiger charge is 2.19. The molecule has 2 N–H and O–H groups in total. The molecule has 0 aliphatic carbocycles. The molecule has 0 amide bonds. The summed E-state index contributed by atoms with van der Waals surface area (Å²) < 4.78 is 0. The zero-order chi connectivity index (χ0) is 10.4. The molecule has 0 saturated heterocycles. The molecule has 0 aliphatic rings. The van der Waals surface area contributed by atoms with Crippen LogP contribution in [-0.4, -0.2) is 23.2 Å². The molecular weight excluding hydrogens is 196 g/mol. The lowest BCUT2D eigenvalue weighted by molar-refractivity contribution is 0.135. The number of hydrogen-bond acceptors (Lipinski definition) is 4. The molecule has 0 saturated carbocycles. The molecule has 0 aliphatic heterocycles. The number of aliphatic hydroxyl groups is 1. The van der Waals surface area contributed by atoms with Crippen molar-refractivity contribution in [3.63, 3.8) is 0 Å². The summed E-state index contributed by atoms with van der Waals surface area (Å²) in [7, 11) is 0. The smallest absolute Gasteiger partial charge is 0.0795 e. The normalized spacial score (nSPS) is 15.4. The van der Waals surface area contributed by atoms with Crippen molar-refractivity contribution in [3.8, 4) is 0 Å². The van der Waals surface area contributed by atoms with E-state index < -0.39 is 0 Å². The summed E-state index contributed by atoms with van der Waals surface area (Å²) in [5.41, 5.74) is 2.91. The molecule has 1 aromatic rings. The number of thiazole rings is 1. The quantitative estimate of drug-likeness (QED) is 0.756. The van der Waals surface area contributed by atoms with Crippen LogP contribution in [-0.2, 0) is 6.54 Å². The summed E-state index contributed by atoms with van der Waals surface area (Å²) in [6.07, 6.45) is 0.980. The van der Waals surface area contributed by atoms with Gasteiger partial charge in [0, 0.05) is 30.5 Å². The highest BCUT2D eigenvalue weighted by atomic mass is 32.1. The van der Waals surface area contributed by atoms with Crippen LogP contribution < -0.4 is 5.32 Å². The van der Waals surface area contributed by atoms with Crippen LogP contribution in [0.25, 0.3) is 0 Å². The van der Waals surface area contributed by atoms with Crippen molar-refractivity contribution in [2.75, 3.05) is 13.2 Å². The Morgan fingerprint density at radius 1 is 1.64 bits per heavy atom. The molecule has 1 atom stereocenters. The van der Waals surface area contributed by atoms with Crippen LogP contribution in [0.3, 0.4) is 0 Å². The number of rotatable bonds is 6. The number of nitrogens with zero attached hydrogens (tertiary/aromatic N) is 1. The molecule has 1 rings (SSSR count). The molecule has 1 unspecified atom stereocenters. The van der Waals surface area contributed by atoms with Gasteiger partial charge in [-0.25, -0.2) is 4.98 Å². The standard InChI is InChI=1S/C10H18N2OS/c1-3-10(2,7-13)6-11-4-9-5-14-8-12-9/h5,8,11,13H,3-4,6-7H2,1-2H3. The first kappa shape index (κ1) is 11.6. The van der Waals surface area contributed by atoms with Gasteiger partial charge in [0.2, 0.25) is 0 Å². The first-order chi connectivity index (χ1) is 6.70. The number of aromatic nitrogens is 1. The van der Waals surface area contributed by atoms with Crippen LogP contribution in [0.15, 0.2) is 10.9 Å². The topological polar surface area (TPSA) is 45.1 Å².